The molecule has 1 aliphatic carbocycles. The van der Waals surface area contributed by atoms with Crippen molar-refractivity contribution in [3.05, 3.63) is 41.1 Å². The van der Waals surface area contributed by atoms with Gasteiger partial charge in [0.15, 0.2) is 0 Å². The van der Waals surface area contributed by atoms with Gasteiger partial charge in [0.05, 0.1) is 30.1 Å². The maximum atomic E-state index is 12.9. The number of rotatable bonds is 7. The molecule has 1 heterocycles. The second-order valence-corrected chi connectivity index (χ2v) is 7.22. The molecule has 3 atom stereocenters. The van der Waals surface area contributed by atoms with E-state index >= 15 is 0 Å². The van der Waals surface area contributed by atoms with Gasteiger partial charge in [0.2, 0.25) is 11.8 Å². The lowest BCUT2D eigenvalue weighted by molar-refractivity contribution is -0.133. The summed E-state index contributed by atoms with van der Waals surface area (Å²) in [5.41, 5.74) is 6.98. The fourth-order valence-electron chi connectivity index (χ4n) is 2.98. The molecule has 29 heavy (non-hydrogen) atoms. The lowest BCUT2D eigenvalue weighted by Crippen LogP contribution is -2.43. The number of aliphatic carboxylic acids is 1. The number of pyridine rings is 1. The first-order valence-corrected chi connectivity index (χ1v) is 9.23. The molecule has 0 aliphatic heterocycles. The number of amides is 1. The zero-order chi connectivity index (χ0) is 21.6. The second kappa shape index (κ2) is 10.1. The molecular formula is C19H26FN5O4. The molecule has 0 radical (unpaired) electrons. The van der Waals surface area contributed by atoms with Crippen LogP contribution in [0.5, 0.6) is 0 Å². The fourth-order valence-corrected chi connectivity index (χ4v) is 2.98. The van der Waals surface area contributed by atoms with Crippen LogP contribution in [-0.2, 0) is 21.0 Å². The minimum Gasteiger partial charge on any atom is -0.478 e. The number of carbonyl (C=O) groups excluding carboxylic acids is 1. The summed E-state index contributed by atoms with van der Waals surface area (Å²) in [6, 6.07) is 1.67. The van der Waals surface area contributed by atoms with Crippen molar-refractivity contribution < 1.29 is 23.9 Å². The van der Waals surface area contributed by atoms with Crippen molar-refractivity contribution in [3.8, 4) is 0 Å². The Bertz CT molecular complexity index is 809. The molecule has 1 aromatic rings. The number of carbonyl (C=O) groups is 2. The van der Waals surface area contributed by atoms with E-state index in [2.05, 4.69) is 20.1 Å². The van der Waals surface area contributed by atoms with Crippen LogP contribution in [0.25, 0.3) is 0 Å². The first kappa shape index (κ1) is 22.4. The van der Waals surface area contributed by atoms with Gasteiger partial charge in [0.1, 0.15) is 5.82 Å². The SMILES string of the molecule is CC1CC(NC(=O)C(N)CC(=NCc2ccc(F)cn2)ON)=C(C(=O)O)CC1C. The van der Waals surface area contributed by atoms with E-state index in [4.69, 9.17) is 11.6 Å². The highest BCUT2D eigenvalue weighted by atomic mass is 19.1. The van der Waals surface area contributed by atoms with E-state index in [1.807, 2.05) is 13.8 Å². The van der Waals surface area contributed by atoms with Crippen LogP contribution >= 0.6 is 0 Å². The number of nitrogens with one attached hydrogen (secondary N) is 1. The minimum atomic E-state index is -1.05. The third-order valence-electron chi connectivity index (χ3n) is 4.99. The van der Waals surface area contributed by atoms with Gasteiger partial charge < -0.3 is 21.0 Å². The molecule has 2 rings (SSSR count). The van der Waals surface area contributed by atoms with E-state index in [1.54, 1.807) is 0 Å². The van der Waals surface area contributed by atoms with Gasteiger partial charge in [0, 0.05) is 12.1 Å². The molecule has 0 bridgehead atoms. The second-order valence-electron chi connectivity index (χ2n) is 7.22. The Hall–Kier alpha value is -2.85. The quantitative estimate of drug-likeness (QED) is 0.301. The molecule has 1 aromatic heterocycles. The Morgan fingerprint density at radius 2 is 2.07 bits per heavy atom. The van der Waals surface area contributed by atoms with Crippen molar-refractivity contribution in [2.24, 2.45) is 28.5 Å². The number of carboxylic acids is 1. The van der Waals surface area contributed by atoms with Crippen molar-refractivity contribution in [2.45, 2.75) is 45.7 Å². The molecule has 158 valence electrons. The molecular weight excluding hydrogens is 381 g/mol. The first-order chi connectivity index (χ1) is 13.7. The molecule has 3 unspecified atom stereocenters. The topological polar surface area (TPSA) is 153 Å². The van der Waals surface area contributed by atoms with Gasteiger partial charge in [-0.05, 0) is 36.8 Å². The molecule has 10 heteroatoms. The van der Waals surface area contributed by atoms with Crippen molar-refractivity contribution in [2.75, 3.05) is 0 Å². The number of aliphatic imine (C=N–C) groups is 1. The van der Waals surface area contributed by atoms with Crippen LogP contribution in [0.15, 0.2) is 34.6 Å². The lowest BCUT2D eigenvalue weighted by atomic mass is 9.80. The van der Waals surface area contributed by atoms with E-state index in [0.29, 0.717) is 24.2 Å². The molecule has 0 fully saturated rings. The van der Waals surface area contributed by atoms with Gasteiger partial charge in [0.25, 0.3) is 0 Å². The van der Waals surface area contributed by atoms with Crippen LogP contribution in [0.3, 0.4) is 0 Å². The summed E-state index contributed by atoms with van der Waals surface area (Å²) < 4.78 is 12.9. The maximum Gasteiger partial charge on any atom is 0.333 e. The van der Waals surface area contributed by atoms with Gasteiger partial charge in [-0.25, -0.2) is 14.2 Å². The Kier molecular flexibility index (Phi) is 7.80. The van der Waals surface area contributed by atoms with E-state index < -0.39 is 23.7 Å². The van der Waals surface area contributed by atoms with Crippen LogP contribution in [-0.4, -0.2) is 33.9 Å². The van der Waals surface area contributed by atoms with Gasteiger partial charge in [-0.1, -0.05) is 13.8 Å². The highest BCUT2D eigenvalue weighted by molar-refractivity contribution is 5.92. The number of nitrogens with zero attached hydrogens (tertiary/aromatic N) is 2. The summed E-state index contributed by atoms with van der Waals surface area (Å²) >= 11 is 0. The number of hydrogen-bond acceptors (Lipinski definition) is 7. The summed E-state index contributed by atoms with van der Waals surface area (Å²) in [5, 5.41) is 12.1. The number of aromatic nitrogens is 1. The van der Waals surface area contributed by atoms with Crippen molar-refractivity contribution in [1.29, 1.82) is 0 Å². The molecule has 6 N–H and O–H groups in total. The zero-order valence-electron chi connectivity index (χ0n) is 16.4. The predicted octanol–water partition coefficient (Wildman–Crippen LogP) is 1.25. The van der Waals surface area contributed by atoms with E-state index in [0.717, 1.165) is 6.20 Å². The summed E-state index contributed by atoms with van der Waals surface area (Å²) in [5.74, 6) is 3.61. The Labute approximate surface area is 168 Å². The summed E-state index contributed by atoms with van der Waals surface area (Å²) in [4.78, 5) is 36.6. The highest BCUT2D eigenvalue weighted by Crippen LogP contribution is 2.32. The van der Waals surface area contributed by atoms with Crippen LogP contribution < -0.4 is 16.9 Å². The Morgan fingerprint density at radius 3 is 2.66 bits per heavy atom. The van der Waals surface area contributed by atoms with E-state index in [9.17, 15) is 19.1 Å². The first-order valence-electron chi connectivity index (χ1n) is 9.23. The molecule has 1 aliphatic rings. The predicted molar refractivity (Wildman–Crippen MR) is 104 cm³/mol. The molecule has 0 saturated heterocycles. The van der Waals surface area contributed by atoms with Gasteiger partial charge in [-0.15, -0.1) is 0 Å². The summed E-state index contributed by atoms with van der Waals surface area (Å²) in [7, 11) is 0. The molecule has 9 nitrogen and oxygen atoms in total. The normalized spacial score (nSPS) is 20.9. The van der Waals surface area contributed by atoms with Crippen LogP contribution in [0.2, 0.25) is 0 Å². The third-order valence-corrected chi connectivity index (χ3v) is 4.99. The summed E-state index contributed by atoms with van der Waals surface area (Å²) in [6.07, 6.45) is 1.80. The number of hydrogen-bond donors (Lipinski definition) is 4. The Balaban J connectivity index is 2.02. The highest BCUT2D eigenvalue weighted by Gasteiger charge is 2.29. The standard InChI is InChI=1S/C19H26FN5O4/c1-10-5-14(19(27)28)16(6-11(10)2)25-18(26)15(21)7-17(29-22)24-9-13-4-3-12(20)8-23-13/h3-4,8,10-11,15H,5-7,9,21-22H2,1-2H3,(H,25,26)(H,27,28). The maximum absolute atomic E-state index is 12.9. The number of allylic oxidation sites excluding steroid dienone is 1. The molecule has 0 saturated carbocycles. The van der Waals surface area contributed by atoms with Gasteiger partial charge in [-0.3, -0.25) is 9.78 Å². The lowest BCUT2D eigenvalue weighted by Gasteiger charge is -2.29. The van der Waals surface area contributed by atoms with Crippen LogP contribution in [0.1, 0.15) is 38.8 Å². The third kappa shape index (κ3) is 6.33. The van der Waals surface area contributed by atoms with Gasteiger partial charge >= 0.3 is 5.97 Å². The molecule has 0 aromatic carbocycles. The number of nitrogens with two attached hydrogens (primary N) is 2. The largest absolute Gasteiger partial charge is 0.478 e. The van der Waals surface area contributed by atoms with E-state index in [-0.39, 0.29) is 36.3 Å². The average Bonchev–Trinajstić information content (AvgIpc) is 2.68. The van der Waals surface area contributed by atoms with E-state index in [1.165, 1.54) is 12.1 Å². The monoisotopic (exact) mass is 407 g/mol. The smallest absolute Gasteiger partial charge is 0.333 e. The Morgan fingerprint density at radius 1 is 1.38 bits per heavy atom. The minimum absolute atomic E-state index is 0.0249. The number of carboxylic acid groups (broad SMARTS) is 1. The molecule has 0 spiro atoms. The van der Waals surface area contributed by atoms with Crippen molar-refractivity contribution in [1.82, 2.24) is 10.3 Å². The molecule has 1 amide bonds. The average molecular weight is 407 g/mol. The number of halogens is 1. The van der Waals surface area contributed by atoms with Crippen LogP contribution in [0, 0.1) is 17.7 Å². The summed E-state index contributed by atoms with van der Waals surface area (Å²) in [6.45, 7) is 4.06. The zero-order valence-corrected chi connectivity index (χ0v) is 16.4. The van der Waals surface area contributed by atoms with Crippen molar-refractivity contribution >= 4 is 17.8 Å². The van der Waals surface area contributed by atoms with Gasteiger partial charge in [-0.2, -0.15) is 5.90 Å². The van der Waals surface area contributed by atoms with Crippen molar-refractivity contribution in [3.63, 3.8) is 0 Å². The van der Waals surface area contributed by atoms with Crippen LogP contribution in [0.4, 0.5) is 4.39 Å². The fraction of sp³-hybridized carbons (Fsp3) is 0.474.